The molecular weight excluding hydrogens is 1290 g/mol. The van der Waals surface area contributed by atoms with Gasteiger partial charge in [-0.3, -0.25) is 28.4 Å². The fourth-order valence-corrected chi connectivity index (χ4v) is 10.1. The largest absolute Gasteiger partial charge is 0.508 e. The van der Waals surface area contributed by atoms with Crippen molar-refractivity contribution in [3.05, 3.63) is 150 Å². The fraction of sp³-hybridized carbons (Fsp3) is 0.254. The summed E-state index contributed by atoms with van der Waals surface area (Å²) in [5, 5.41) is 50.5. The second-order valence-corrected chi connectivity index (χ2v) is 21.8. The number of fused-ring (bicyclic) bond motifs is 4. The first kappa shape index (κ1) is 72.4. The second-order valence-electron chi connectivity index (χ2n) is 21.8. The van der Waals surface area contributed by atoms with Crippen LogP contribution in [0.25, 0.3) is 66.8 Å². The van der Waals surface area contributed by atoms with Crippen LogP contribution in [-0.2, 0) is 14.4 Å². The average Bonchev–Trinajstić information content (AvgIpc) is 0.817. The van der Waals surface area contributed by atoms with Gasteiger partial charge in [-0.15, -0.1) is 5.06 Å². The summed E-state index contributed by atoms with van der Waals surface area (Å²) in [5.41, 5.74) is 30.8. The Balaban J connectivity index is 0.000000217. The van der Waals surface area contributed by atoms with E-state index in [4.69, 9.17) is 43.7 Å². The number of hydrogen-bond acceptors (Lipinski definition) is 27. The van der Waals surface area contributed by atoms with Crippen molar-refractivity contribution in [3.63, 3.8) is 0 Å². The molecule has 2 aliphatic carbocycles. The quantitative estimate of drug-likeness (QED) is 0.0250. The van der Waals surface area contributed by atoms with Crippen LogP contribution < -0.4 is 55.5 Å². The molecule has 17 N–H and O–H groups in total. The van der Waals surface area contributed by atoms with E-state index in [1.54, 1.807) is 58.0 Å². The van der Waals surface area contributed by atoms with E-state index in [1.807, 2.05) is 0 Å². The number of aromatic hydroxyl groups is 2. The molecule has 0 spiro atoms. The Hall–Kier alpha value is -12.5. The Morgan fingerprint density at radius 1 is 0.576 bits per heavy atom. The maximum absolute atomic E-state index is 12.9. The van der Waals surface area contributed by atoms with E-state index in [1.165, 1.54) is 68.2 Å². The molecule has 0 radical (unpaired) electrons. The zero-order chi connectivity index (χ0) is 73.4. The number of hydrogen-bond donors (Lipinski definition) is 12. The first-order valence-corrected chi connectivity index (χ1v) is 30.4. The van der Waals surface area contributed by atoms with Crippen LogP contribution in [0, 0.1) is 27.7 Å². The number of carbonyl (C=O) groups is 6. The van der Waals surface area contributed by atoms with E-state index in [-0.39, 0.29) is 129 Å². The molecule has 5 aliphatic rings. The molecule has 0 bridgehead atoms. The van der Waals surface area contributed by atoms with Crippen molar-refractivity contribution in [3.8, 4) is 56.4 Å². The summed E-state index contributed by atoms with van der Waals surface area (Å²) in [6, 6.07) is 20.2. The molecule has 4 aromatic carbocycles. The third-order valence-corrected chi connectivity index (χ3v) is 15.2. The van der Waals surface area contributed by atoms with Crippen LogP contribution in [-0.4, -0.2) is 149 Å². The number of aryl methyl sites for hydroxylation is 4. The third-order valence-electron chi connectivity index (χ3n) is 15.2. The second kappa shape index (κ2) is 32.8. The fourth-order valence-electron chi connectivity index (χ4n) is 10.1. The number of nitrogen functional groups attached to an aromatic ring is 4. The zero-order valence-electron chi connectivity index (χ0n) is 55.8. The number of nitrogens with two attached hydrogens (primary N) is 5. The highest BCUT2D eigenvalue weighted by Gasteiger charge is 2.34. The van der Waals surface area contributed by atoms with Gasteiger partial charge in [0.05, 0.1) is 25.2 Å². The van der Waals surface area contributed by atoms with E-state index in [9.17, 15) is 63.2 Å². The van der Waals surface area contributed by atoms with Crippen LogP contribution in [0.1, 0.15) is 98.7 Å². The molecule has 0 saturated carbocycles. The molecule has 5 heterocycles. The lowest BCUT2D eigenvalue weighted by molar-refractivity contribution is -0.172. The minimum atomic E-state index is -1.35. The number of aromatic carboxylic acids is 2. The predicted octanol–water partition coefficient (Wildman–Crippen LogP) is 6.92. The smallest absolute Gasteiger partial charge is 0.363 e. The lowest BCUT2D eigenvalue weighted by atomic mass is 9.88. The monoisotopic (exact) mass is 1360 g/mol. The van der Waals surface area contributed by atoms with E-state index in [2.05, 4.69) is 71.5 Å². The van der Waals surface area contributed by atoms with Crippen molar-refractivity contribution in [2.24, 2.45) is 5.73 Å². The van der Waals surface area contributed by atoms with Gasteiger partial charge in [0.15, 0.2) is 10.9 Å². The normalized spacial score (nSPS) is 11.7. The van der Waals surface area contributed by atoms with Crippen LogP contribution in [0.2, 0.25) is 0 Å². The van der Waals surface area contributed by atoms with E-state index in [0.29, 0.717) is 84.9 Å². The maximum atomic E-state index is 12.9. The van der Waals surface area contributed by atoms with Crippen molar-refractivity contribution in [2.75, 3.05) is 86.5 Å². The number of phenolic OH excluding ortho intramolecular Hbond substituents is 2. The number of amides is 3. The van der Waals surface area contributed by atoms with Gasteiger partial charge in [0.2, 0.25) is 35.7 Å². The SMILES string of the molecule is CCN(CC)CC.Cc1cc2c(-c3ccc(C(=O)NCCNc4nc(N)nc(N)n4)cc3C(=O)O)c3cc(C)c(=O)cc-3oc2cc1O.Cc1cc2c(-c3ccc(C(=O)ON4C(=O)CCC4=O)cc3C(=O)O)c3cc(C)c(=O)cc-3oc2cc1O.NCCNc1nc(N)nc(N)n1.[2H]CF. The maximum Gasteiger partial charge on any atom is 0.363 e. The number of aromatic nitrogens is 6. The standard InChI is InChI=1S/C28H25N7O6.C27H19NO9.C6H15N.C5H11N7.CH3F/c1-12-7-17-21(10-19(12)36)41-22-11-20(37)13(2)8-18(22)23(17)15-4-3-14(9-16(15)25(39)40)24(38)31-5-6-32-28-34-26(29)33-27(30)35-28;1-12-7-17-21(10-19(12)29)36-22-11-20(30)13(2)8-18(22)25(17)15-4-3-14(9-16(15)26(33)34)27(35)37-28-23(31)5-6-24(28)32;1-4-7(5-2)6-3;6-1-2-9-5-11-3(7)10-4(8)12-5;1-2/h3-4,7-11,36H,5-6H2,1-2H3,(H,31,38)(H,39,40)(H5,29,30,32,33,34,35);3-4,7-11,29H,5-6H2,1-2H3,(H,33,34);4-6H2,1-3H3;1-2,6H2,(H5,7,8,9,10,11,12);1H3/i;;;;1D. The third kappa shape index (κ3) is 17.7. The molecule has 518 valence electrons. The van der Waals surface area contributed by atoms with Crippen LogP contribution >= 0.6 is 0 Å². The molecule has 11 rings (SSSR count). The van der Waals surface area contributed by atoms with E-state index < -0.39 is 42.8 Å². The van der Waals surface area contributed by atoms with Gasteiger partial charge in [0, 0.05) is 102 Å². The number of carboxylic acid groups (broad SMARTS) is 2. The highest BCUT2D eigenvalue weighted by Crippen LogP contribution is 2.45. The number of anilines is 6. The number of carbonyl (C=O) groups excluding carboxylic acids is 4. The zero-order valence-corrected chi connectivity index (χ0v) is 54.8. The number of imide groups is 1. The number of benzene rings is 6. The van der Waals surface area contributed by atoms with E-state index in [0.717, 1.165) is 6.07 Å². The molecule has 1 saturated heterocycles. The minimum absolute atomic E-state index is 0.0107. The topological polar surface area (TPSA) is 503 Å². The molecule has 99 heavy (non-hydrogen) atoms. The van der Waals surface area contributed by atoms with Gasteiger partial charge in [0.25, 0.3) is 17.7 Å². The van der Waals surface area contributed by atoms with Crippen LogP contribution in [0.4, 0.5) is 40.1 Å². The van der Waals surface area contributed by atoms with Gasteiger partial charge < -0.3 is 83.6 Å². The summed E-state index contributed by atoms with van der Waals surface area (Å²) >= 11 is 0. The number of alkyl halides is 1. The Bertz CT molecular complexity index is 4740. The molecular formula is C67H73FN16O15. The van der Waals surface area contributed by atoms with Gasteiger partial charge >= 0.3 is 17.9 Å². The van der Waals surface area contributed by atoms with Gasteiger partial charge in [-0.05, 0) is 129 Å². The molecule has 31 nitrogen and oxygen atoms in total. The number of hydroxylamine groups is 2. The molecule has 6 aromatic rings. The molecule has 0 atom stereocenters. The van der Waals surface area contributed by atoms with Crippen molar-refractivity contribution in [1.82, 2.24) is 45.2 Å². The summed E-state index contributed by atoms with van der Waals surface area (Å²) < 4.78 is 27.3. The Morgan fingerprint density at radius 2 is 0.980 bits per heavy atom. The average molecular weight is 1360 g/mol. The first-order chi connectivity index (χ1) is 47.5. The Morgan fingerprint density at radius 3 is 1.37 bits per heavy atom. The summed E-state index contributed by atoms with van der Waals surface area (Å²) in [4.78, 5) is 129. The summed E-state index contributed by atoms with van der Waals surface area (Å²) in [7, 11) is -1.00. The number of halogens is 1. The molecule has 3 aliphatic heterocycles. The van der Waals surface area contributed by atoms with E-state index >= 15 is 0 Å². The summed E-state index contributed by atoms with van der Waals surface area (Å²) in [5.74, 6) is -4.52. The van der Waals surface area contributed by atoms with Crippen molar-refractivity contribution < 1.29 is 68.6 Å². The highest BCUT2D eigenvalue weighted by molar-refractivity contribution is 6.11. The van der Waals surface area contributed by atoms with Gasteiger partial charge in [-0.25, -0.2) is 14.4 Å². The Kier molecular flexibility index (Phi) is 24.0. The van der Waals surface area contributed by atoms with Crippen LogP contribution in [0.5, 0.6) is 11.5 Å². The van der Waals surface area contributed by atoms with Crippen LogP contribution in [0.15, 0.2) is 103 Å². The number of nitrogens with one attached hydrogen (secondary N) is 3. The molecule has 2 aromatic heterocycles. The highest BCUT2D eigenvalue weighted by atomic mass is 19.1. The first-order valence-electron chi connectivity index (χ1n) is 31.1. The molecule has 3 amide bonds. The molecule has 1 fully saturated rings. The lowest BCUT2D eigenvalue weighted by Gasteiger charge is -2.18. The van der Waals surface area contributed by atoms with Gasteiger partial charge in [-0.1, -0.05) is 32.9 Å². The lowest BCUT2D eigenvalue weighted by Crippen LogP contribution is -2.32. The Labute approximate surface area is 564 Å². The van der Waals surface area contributed by atoms with Gasteiger partial charge in [0.1, 0.15) is 34.2 Å². The van der Waals surface area contributed by atoms with Crippen LogP contribution in [0.3, 0.4) is 0 Å². The van der Waals surface area contributed by atoms with Gasteiger partial charge in [-0.2, -0.15) is 29.9 Å². The predicted molar refractivity (Wildman–Crippen MR) is 368 cm³/mol. The van der Waals surface area contributed by atoms with Crippen molar-refractivity contribution >= 4 is 93.3 Å². The number of rotatable bonds is 17. The van der Waals surface area contributed by atoms with Crippen molar-refractivity contribution in [2.45, 2.75) is 61.3 Å². The summed E-state index contributed by atoms with van der Waals surface area (Å²) in [6.45, 7) is 18.2. The minimum Gasteiger partial charge on any atom is -0.508 e. The summed E-state index contributed by atoms with van der Waals surface area (Å²) in [6.07, 6.45) is -0.159. The number of phenols is 2. The molecule has 0 unspecified atom stereocenters. The van der Waals surface area contributed by atoms with Crippen molar-refractivity contribution in [1.29, 1.82) is 0 Å². The number of nitrogens with zero attached hydrogens (tertiary/aromatic N) is 8. The molecule has 32 heteroatoms. The number of carboxylic acids is 2.